The molecule has 1 aliphatic rings. The smallest absolute Gasteiger partial charge is 0.189 e. The van der Waals surface area contributed by atoms with E-state index in [0.717, 1.165) is 12.5 Å². The van der Waals surface area contributed by atoms with Crippen molar-refractivity contribution in [1.82, 2.24) is 0 Å². The van der Waals surface area contributed by atoms with Crippen LogP contribution in [0.3, 0.4) is 0 Å². The summed E-state index contributed by atoms with van der Waals surface area (Å²) >= 11 is 0. The molecule has 4 nitrogen and oxygen atoms in total. The second kappa shape index (κ2) is 4.40. The van der Waals surface area contributed by atoms with Crippen molar-refractivity contribution in [3.63, 3.8) is 0 Å². The van der Waals surface area contributed by atoms with Gasteiger partial charge >= 0.3 is 0 Å². The van der Waals surface area contributed by atoms with Crippen LogP contribution in [0, 0.1) is 5.92 Å². The first-order valence-electron chi connectivity index (χ1n) is 5.05. The summed E-state index contributed by atoms with van der Waals surface area (Å²) in [6.07, 6.45) is 2.52. The number of hydrogen-bond donors (Lipinski definition) is 2. The SMILES string of the molecule is Nc1c(O)cccc1OCOCC1CC1. The van der Waals surface area contributed by atoms with Crippen LogP contribution in [-0.4, -0.2) is 18.5 Å². The highest BCUT2D eigenvalue weighted by atomic mass is 16.7. The van der Waals surface area contributed by atoms with Crippen molar-refractivity contribution >= 4 is 5.69 Å². The molecular weight excluding hydrogens is 194 g/mol. The monoisotopic (exact) mass is 209 g/mol. The van der Waals surface area contributed by atoms with Crippen molar-refractivity contribution in [1.29, 1.82) is 0 Å². The number of phenols is 1. The third kappa shape index (κ3) is 2.76. The minimum Gasteiger partial charge on any atom is -0.506 e. The fourth-order valence-corrected chi connectivity index (χ4v) is 1.26. The van der Waals surface area contributed by atoms with Crippen molar-refractivity contribution in [3.05, 3.63) is 18.2 Å². The Labute approximate surface area is 88.6 Å². The first kappa shape index (κ1) is 10.1. The number of aromatic hydroxyl groups is 1. The lowest BCUT2D eigenvalue weighted by atomic mass is 10.3. The Hall–Kier alpha value is -1.42. The van der Waals surface area contributed by atoms with Gasteiger partial charge in [-0.25, -0.2) is 0 Å². The lowest BCUT2D eigenvalue weighted by Crippen LogP contribution is -2.06. The number of ether oxygens (including phenoxy) is 2. The summed E-state index contributed by atoms with van der Waals surface area (Å²) < 4.78 is 10.6. The van der Waals surface area contributed by atoms with E-state index < -0.39 is 0 Å². The first-order chi connectivity index (χ1) is 7.27. The van der Waals surface area contributed by atoms with Gasteiger partial charge in [0.1, 0.15) is 17.2 Å². The Morgan fingerprint density at radius 2 is 2.20 bits per heavy atom. The Kier molecular flexibility index (Phi) is 2.97. The maximum Gasteiger partial charge on any atom is 0.189 e. The van der Waals surface area contributed by atoms with Gasteiger partial charge in [0.25, 0.3) is 0 Å². The summed E-state index contributed by atoms with van der Waals surface area (Å²) in [5.41, 5.74) is 5.86. The number of phenolic OH excluding ortho intramolecular Hbond substituents is 1. The lowest BCUT2D eigenvalue weighted by Gasteiger charge is -2.09. The van der Waals surface area contributed by atoms with Crippen LogP contribution in [0.5, 0.6) is 11.5 Å². The number of rotatable bonds is 5. The van der Waals surface area contributed by atoms with Gasteiger partial charge in [-0.05, 0) is 30.9 Å². The minimum absolute atomic E-state index is 0.0368. The molecule has 0 bridgehead atoms. The number of anilines is 1. The standard InChI is InChI=1S/C11H15NO3/c12-11-9(13)2-1-3-10(11)15-7-14-6-8-4-5-8/h1-3,8,13H,4-7,12H2. The zero-order chi connectivity index (χ0) is 10.7. The first-order valence-corrected chi connectivity index (χ1v) is 5.05. The van der Waals surface area contributed by atoms with Gasteiger partial charge in [-0.15, -0.1) is 0 Å². The third-order valence-corrected chi connectivity index (χ3v) is 2.39. The number of benzene rings is 1. The van der Waals surface area contributed by atoms with E-state index in [4.69, 9.17) is 15.2 Å². The molecule has 15 heavy (non-hydrogen) atoms. The molecule has 1 fully saturated rings. The highest BCUT2D eigenvalue weighted by molar-refractivity contribution is 5.61. The number of hydrogen-bond acceptors (Lipinski definition) is 4. The maximum atomic E-state index is 9.31. The van der Waals surface area contributed by atoms with Crippen molar-refractivity contribution < 1.29 is 14.6 Å². The Morgan fingerprint density at radius 3 is 2.93 bits per heavy atom. The summed E-state index contributed by atoms with van der Waals surface area (Å²) in [5, 5.41) is 9.31. The predicted octanol–water partition coefficient (Wildman–Crippen LogP) is 1.74. The molecular formula is C11H15NO3. The van der Waals surface area contributed by atoms with Crippen LogP contribution in [0.4, 0.5) is 5.69 Å². The van der Waals surface area contributed by atoms with E-state index in [9.17, 15) is 5.11 Å². The van der Waals surface area contributed by atoms with E-state index in [1.54, 1.807) is 12.1 Å². The number of para-hydroxylation sites is 1. The zero-order valence-corrected chi connectivity index (χ0v) is 8.48. The quantitative estimate of drug-likeness (QED) is 0.335. The molecule has 1 aromatic carbocycles. The zero-order valence-electron chi connectivity index (χ0n) is 8.48. The van der Waals surface area contributed by atoms with Crippen LogP contribution >= 0.6 is 0 Å². The van der Waals surface area contributed by atoms with Gasteiger partial charge in [0.2, 0.25) is 0 Å². The number of nitrogens with two attached hydrogens (primary N) is 1. The second-order valence-corrected chi connectivity index (χ2v) is 3.77. The van der Waals surface area contributed by atoms with E-state index in [1.807, 2.05) is 0 Å². The topological polar surface area (TPSA) is 64.7 Å². The summed E-state index contributed by atoms with van der Waals surface area (Å²) in [6.45, 7) is 0.933. The van der Waals surface area contributed by atoms with Gasteiger partial charge in [-0.1, -0.05) is 6.07 Å². The molecule has 0 aromatic heterocycles. The molecule has 3 N–H and O–H groups in total. The van der Waals surface area contributed by atoms with E-state index >= 15 is 0 Å². The van der Waals surface area contributed by atoms with Gasteiger partial charge in [-0.3, -0.25) is 0 Å². The number of nitrogen functional groups attached to an aromatic ring is 1. The molecule has 1 aromatic rings. The van der Waals surface area contributed by atoms with Gasteiger partial charge in [0, 0.05) is 0 Å². The van der Waals surface area contributed by atoms with Gasteiger partial charge in [-0.2, -0.15) is 0 Å². The van der Waals surface area contributed by atoms with Gasteiger partial charge in [0.05, 0.1) is 6.61 Å². The summed E-state index contributed by atoms with van der Waals surface area (Å²) in [5.74, 6) is 1.22. The Balaban J connectivity index is 1.78. The fraction of sp³-hybridized carbons (Fsp3) is 0.455. The molecule has 1 aliphatic carbocycles. The van der Waals surface area contributed by atoms with Crippen LogP contribution in [0.2, 0.25) is 0 Å². The van der Waals surface area contributed by atoms with Crippen molar-refractivity contribution in [2.45, 2.75) is 12.8 Å². The molecule has 0 radical (unpaired) electrons. The second-order valence-electron chi connectivity index (χ2n) is 3.77. The van der Waals surface area contributed by atoms with Crippen molar-refractivity contribution in [2.24, 2.45) is 5.92 Å². The fourth-order valence-electron chi connectivity index (χ4n) is 1.26. The van der Waals surface area contributed by atoms with Crippen LogP contribution in [0.25, 0.3) is 0 Å². The molecule has 4 heteroatoms. The summed E-state index contributed by atoms with van der Waals surface area (Å²) in [7, 11) is 0. The summed E-state index contributed by atoms with van der Waals surface area (Å²) in [4.78, 5) is 0. The molecule has 0 spiro atoms. The molecule has 0 heterocycles. The van der Waals surface area contributed by atoms with Crippen LogP contribution in [-0.2, 0) is 4.74 Å². The van der Waals surface area contributed by atoms with Crippen LogP contribution in [0.15, 0.2) is 18.2 Å². The highest BCUT2D eigenvalue weighted by Crippen LogP contribution is 2.31. The molecule has 2 rings (SSSR count). The minimum atomic E-state index is 0.0368. The normalized spacial score (nSPS) is 15.2. The molecule has 0 aliphatic heterocycles. The largest absolute Gasteiger partial charge is 0.506 e. The third-order valence-electron chi connectivity index (χ3n) is 2.39. The predicted molar refractivity (Wildman–Crippen MR) is 56.7 cm³/mol. The van der Waals surface area contributed by atoms with E-state index in [0.29, 0.717) is 5.75 Å². The lowest BCUT2D eigenvalue weighted by molar-refractivity contribution is 0.0103. The van der Waals surface area contributed by atoms with Crippen molar-refractivity contribution in [2.75, 3.05) is 19.1 Å². The Morgan fingerprint density at radius 1 is 1.40 bits per heavy atom. The van der Waals surface area contributed by atoms with E-state index in [-0.39, 0.29) is 18.2 Å². The van der Waals surface area contributed by atoms with E-state index in [2.05, 4.69) is 0 Å². The molecule has 0 unspecified atom stereocenters. The van der Waals surface area contributed by atoms with Crippen molar-refractivity contribution in [3.8, 4) is 11.5 Å². The van der Waals surface area contributed by atoms with Crippen LogP contribution in [0.1, 0.15) is 12.8 Å². The van der Waals surface area contributed by atoms with Crippen LogP contribution < -0.4 is 10.5 Å². The van der Waals surface area contributed by atoms with Gasteiger partial charge < -0.3 is 20.3 Å². The van der Waals surface area contributed by atoms with E-state index in [1.165, 1.54) is 18.9 Å². The average molecular weight is 209 g/mol. The average Bonchev–Trinajstić information content (AvgIpc) is 3.02. The van der Waals surface area contributed by atoms with Gasteiger partial charge in [0.15, 0.2) is 6.79 Å². The molecule has 82 valence electrons. The highest BCUT2D eigenvalue weighted by Gasteiger charge is 2.21. The summed E-state index contributed by atoms with van der Waals surface area (Å²) in [6, 6.07) is 4.91. The molecule has 0 amide bonds. The Bertz CT molecular complexity index is 337. The molecule has 0 saturated heterocycles. The maximum absolute atomic E-state index is 9.31. The molecule has 0 atom stereocenters. The molecule has 1 saturated carbocycles.